The normalized spacial score (nSPS) is 21.3. The number of carbonyl (C=O) groups excluding carboxylic acids is 2. The molecule has 1 fully saturated rings. The highest BCUT2D eigenvalue weighted by Gasteiger charge is 2.32. The number of aromatic nitrogens is 3. The summed E-state index contributed by atoms with van der Waals surface area (Å²) in [6.07, 6.45) is 7.29. The van der Waals surface area contributed by atoms with Crippen molar-refractivity contribution >= 4 is 29.4 Å². The highest BCUT2D eigenvalue weighted by atomic mass is 35.5. The van der Waals surface area contributed by atoms with Crippen molar-refractivity contribution in [1.29, 1.82) is 0 Å². The number of nitrogens with zero attached hydrogens (tertiary/aromatic N) is 3. The van der Waals surface area contributed by atoms with E-state index in [0.29, 0.717) is 17.3 Å². The molecule has 4 N–H and O–H groups in total. The molecule has 0 bridgehead atoms. The molecule has 3 amide bonds. The molecule has 2 aromatic heterocycles. The lowest BCUT2D eigenvalue weighted by Crippen LogP contribution is -2.44. The van der Waals surface area contributed by atoms with Crippen LogP contribution in [-0.2, 0) is 17.8 Å². The summed E-state index contributed by atoms with van der Waals surface area (Å²) in [4.78, 5) is 29.1. The molecule has 0 unspecified atom stereocenters. The first-order chi connectivity index (χ1) is 15.8. The first-order valence-corrected chi connectivity index (χ1v) is 11.8. The van der Waals surface area contributed by atoms with Gasteiger partial charge >= 0.3 is 6.03 Å². The van der Waals surface area contributed by atoms with Gasteiger partial charge in [-0.2, -0.15) is 5.10 Å². The molecule has 1 aliphatic heterocycles. The van der Waals surface area contributed by atoms with Crippen molar-refractivity contribution in [2.45, 2.75) is 58.5 Å². The number of pyridine rings is 1. The van der Waals surface area contributed by atoms with Crippen LogP contribution in [0.1, 0.15) is 45.2 Å². The number of rotatable bonds is 6. The summed E-state index contributed by atoms with van der Waals surface area (Å²) in [5, 5.41) is 22.4. The van der Waals surface area contributed by atoms with E-state index in [1.807, 2.05) is 10.9 Å². The van der Waals surface area contributed by atoms with Gasteiger partial charge in [-0.15, -0.1) is 0 Å². The van der Waals surface area contributed by atoms with Crippen LogP contribution >= 0.6 is 11.6 Å². The number of aliphatic hydroxyl groups excluding tert-OH is 1. The van der Waals surface area contributed by atoms with Crippen LogP contribution in [0.15, 0.2) is 18.5 Å². The van der Waals surface area contributed by atoms with Gasteiger partial charge in [0.25, 0.3) is 0 Å². The molecular formula is C23H31ClN6O3. The van der Waals surface area contributed by atoms with Crippen LogP contribution in [0.25, 0.3) is 11.1 Å². The zero-order valence-electron chi connectivity index (χ0n) is 19.0. The zero-order chi connectivity index (χ0) is 23.6. The molecule has 9 nitrogen and oxygen atoms in total. The Hall–Kier alpha value is -2.65. The fraction of sp³-hybridized carbons (Fsp3) is 0.565. The van der Waals surface area contributed by atoms with Crippen molar-refractivity contribution in [1.82, 2.24) is 25.4 Å². The molecule has 0 saturated heterocycles. The molecule has 2 aromatic rings. The Kier molecular flexibility index (Phi) is 6.90. The van der Waals surface area contributed by atoms with E-state index in [4.69, 9.17) is 16.7 Å². The van der Waals surface area contributed by atoms with E-state index < -0.39 is 0 Å². The minimum atomic E-state index is -0.362. The van der Waals surface area contributed by atoms with Crippen molar-refractivity contribution in [3.8, 4) is 11.1 Å². The Morgan fingerprint density at radius 1 is 1.27 bits per heavy atom. The predicted molar refractivity (Wildman–Crippen MR) is 126 cm³/mol. The first kappa shape index (κ1) is 23.5. The largest absolute Gasteiger partial charge is 0.395 e. The molecular weight excluding hydrogens is 444 g/mol. The quantitative estimate of drug-likeness (QED) is 0.513. The Labute approximate surface area is 198 Å². The van der Waals surface area contributed by atoms with Crippen molar-refractivity contribution in [2.75, 3.05) is 18.5 Å². The smallest absolute Gasteiger partial charge is 0.320 e. The summed E-state index contributed by atoms with van der Waals surface area (Å²) < 4.78 is 2.02. The topological polar surface area (TPSA) is 121 Å². The molecule has 0 radical (unpaired) electrons. The summed E-state index contributed by atoms with van der Waals surface area (Å²) >= 11 is 6.45. The third-order valence-corrected chi connectivity index (χ3v) is 6.65. The number of carbonyl (C=O) groups is 2. The maximum absolute atomic E-state index is 12.6. The second kappa shape index (κ2) is 9.69. The molecule has 3 heterocycles. The molecule has 2 aliphatic rings. The van der Waals surface area contributed by atoms with Crippen LogP contribution in [0.5, 0.6) is 0 Å². The van der Waals surface area contributed by atoms with E-state index in [1.165, 1.54) is 0 Å². The number of fused-ring (bicyclic) bond motifs is 1. The predicted octanol–water partition coefficient (Wildman–Crippen LogP) is 2.97. The SMILES string of the molecule is CC1(C)Cc2c(-c3cc(NC(=O)N[C@@H]4CCC[C@H](C(=O)NCCO)C4)ncc3Cl)cnn2C1. The monoisotopic (exact) mass is 474 g/mol. The lowest BCUT2D eigenvalue weighted by Gasteiger charge is -2.29. The average Bonchev–Trinajstić information content (AvgIpc) is 3.28. The molecule has 0 aromatic carbocycles. The van der Waals surface area contributed by atoms with Crippen molar-refractivity contribution in [2.24, 2.45) is 11.3 Å². The van der Waals surface area contributed by atoms with E-state index in [1.54, 1.807) is 12.3 Å². The number of nitrogens with one attached hydrogen (secondary N) is 3. The van der Waals surface area contributed by atoms with Crippen LogP contribution in [0.3, 0.4) is 0 Å². The number of hydrogen-bond acceptors (Lipinski definition) is 5. The van der Waals surface area contributed by atoms with Gasteiger partial charge in [0, 0.05) is 48.1 Å². The van der Waals surface area contributed by atoms with E-state index in [-0.39, 0.29) is 42.5 Å². The van der Waals surface area contributed by atoms with E-state index >= 15 is 0 Å². The summed E-state index contributed by atoms with van der Waals surface area (Å²) in [5.74, 6) is 0.165. The Bertz CT molecular complexity index is 1040. The van der Waals surface area contributed by atoms with Gasteiger partial charge in [0.15, 0.2) is 0 Å². The number of urea groups is 1. The minimum Gasteiger partial charge on any atom is -0.395 e. The Morgan fingerprint density at radius 3 is 2.88 bits per heavy atom. The Morgan fingerprint density at radius 2 is 2.09 bits per heavy atom. The highest BCUT2D eigenvalue weighted by molar-refractivity contribution is 6.33. The lowest BCUT2D eigenvalue weighted by atomic mass is 9.85. The van der Waals surface area contributed by atoms with Crippen LogP contribution in [0.4, 0.5) is 10.6 Å². The van der Waals surface area contributed by atoms with Gasteiger partial charge in [0.2, 0.25) is 5.91 Å². The van der Waals surface area contributed by atoms with Gasteiger partial charge in [-0.05, 0) is 37.2 Å². The number of amides is 3. The van der Waals surface area contributed by atoms with Gasteiger partial charge in [-0.25, -0.2) is 9.78 Å². The van der Waals surface area contributed by atoms with Crippen molar-refractivity contribution < 1.29 is 14.7 Å². The van der Waals surface area contributed by atoms with Gasteiger partial charge in [0.1, 0.15) is 5.82 Å². The average molecular weight is 475 g/mol. The van der Waals surface area contributed by atoms with Crippen LogP contribution < -0.4 is 16.0 Å². The highest BCUT2D eigenvalue weighted by Crippen LogP contribution is 2.39. The van der Waals surface area contributed by atoms with Gasteiger partial charge < -0.3 is 15.7 Å². The first-order valence-electron chi connectivity index (χ1n) is 11.4. The van der Waals surface area contributed by atoms with Crippen LogP contribution in [-0.4, -0.2) is 51.0 Å². The van der Waals surface area contributed by atoms with Crippen molar-refractivity contribution in [3.05, 3.63) is 29.2 Å². The molecule has 2 atom stereocenters. The number of aliphatic hydroxyl groups is 1. The van der Waals surface area contributed by atoms with E-state index in [9.17, 15) is 9.59 Å². The molecule has 1 saturated carbocycles. The fourth-order valence-electron chi connectivity index (χ4n) is 4.81. The summed E-state index contributed by atoms with van der Waals surface area (Å²) in [6.45, 7) is 5.44. The second-order valence-corrected chi connectivity index (χ2v) is 10.1. The summed E-state index contributed by atoms with van der Waals surface area (Å²) in [7, 11) is 0. The third-order valence-electron chi connectivity index (χ3n) is 6.35. The number of anilines is 1. The molecule has 0 spiro atoms. The standard InChI is InChI=1S/C23H31ClN6O3/c1-23(2)10-19-17(11-27-30(19)13-23)16-9-20(26-12-18(16)24)29-22(33)28-15-5-3-4-14(8-15)21(32)25-6-7-31/h9,11-12,14-15,31H,3-8,10,13H2,1-2H3,(H,25,32)(H2,26,28,29,33)/t14-,15+/m0/s1. The molecule has 33 heavy (non-hydrogen) atoms. The van der Waals surface area contributed by atoms with Gasteiger partial charge in [0.05, 0.1) is 17.8 Å². The molecule has 178 valence electrons. The molecule has 4 rings (SSSR count). The third kappa shape index (κ3) is 5.47. The number of hydrogen-bond donors (Lipinski definition) is 4. The van der Waals surface area contributed by atoms with Gasteiger partial charge in [-0.1, -0.05) is 31.9 Å². The van der Waals surface area contributed by atoms with Crippen LogP contribution in [0.2, 0.25) is 5.02 Å². The molecule has 1 aliphatic carbocycles. The zero-order valence-corrected chi connectivity index (χ0v) is 19.8. The summed E-state index contributed by atoms with van der Waals surface area (Å²) in [6, 6.07) is 1.31. The maximum atomic E-state index is 12.6. The lowest BCUT2D eigenvalue weighted by molar-refractivity contribution is -0.126. The van der Waals surface area contributed by atoms with Crippen LogP contribution in [0, 0.1) is 11.3 Å². The number of halogens is 1. The van der Waals surface area contributed by atoms with Crippen molar-refractivity contribution in [3.63, 3.8) is 0 Å². The molecule has 10 heteroatoms. The van der Waals surface area contributed by atoms with E-state index in [0.717, 1.165) is 49.0 Å². The Balaban J connectivity index is 1.40. The van der Waals surface area contributed by atoms with E-state index in [2.05, 4.69) is 39.9 Å². The fourth-order valence-corrected chi connectivity index (χ4v) is 5.01. The summed E-state index contributed by atoms with van der Waals surface area (Å²) in [5.41, 5.74) is 3.03. The van der Waals surface area contributed by atoms with Gasteiger partial charge in [-0.3, -0.25) is 14.8 Å². The second-order valence-electron chi connectivity index (χ2n) is 9.73. The maximum Gasteiger partial charge on any atom is 0.320 e. The minimum absolute atomic E-state index is 0.0724.